The Balaban J connectivity index is 2.74. The van der Waals surface area contributed by atoms with Gasteiger partial charge in [-0.25, -0.2) is 4.39 Å². The monoisotopic (exact) mass is 217 g/mol. The molecule has 0 aromatic rings. The molecule has 1 aliphatic heterocycles. The van der Waals surface area contributed by atoms with Crippen molar-refractivity contribution in [3.63, 3.8) is 0 Å². The molecule has 1 heterocycles. The van der Waals surface area contributed by atoms with E-state index >= 15 is 0 Å². The molecule has 15 heavy (non-hydrogen) atoms. The molecule has 0 bridgehead atoms. The van der Waals surface area contributed by atoms with E-state index in [-0.39, 0.29) is 11.3 Å². The maximum atomic E-state index is 13.8. The van der Waals surface area contributed by atoms with E-state index in [0.717, 1.165) is 13.0 Å². The third kappa shape index (κ3) is 2.91. The molecule has 1 aliphatic rings. The normalized spacial score (nSPS) is 34.4. The van der Waals surface area contributed by atoms with Crippen LogP contribution >= 0.6 is 0 Å². The van der Waals surface area contributed by atoms with E-state index in [1.54, 1.807) is 0 Å². The van der Waals surface area contributed by atoms with Crippen molar-refractivity contribution in [2.75, 3.05) is 13.1 Å². The molecule has 0 radical (unpaired) electrons. The molecule has 0 aliphatic carbocycles. The van der Waals surface area contributed by atoms with Crippen molar-refractivity contribution in [1.82, 2.24) is 4.90 Å². The molecular weight excluding hydrogens is 193 g/mol. The Bertz CT molecular complexity index is 202. The van der Waals surface area contributed by atoms with E-state index < -0.39 is 12.4 Å². The Morgan fingerprint density at radius 2 is 2.00 bits per heavy atom. The van der Waals surface area contributed by atoms with Crippen LogP contribution in [0.5, 0.6) is 0 Å². The summed E-state index contributed by atoms with van der Waals surface area (Å²) in [5.74, 6) is -0.266. The highest BCUT2D eigenvalue weighted by Gasteiger charge is 2.43. The summed E-state index contributed by atoms with van der Waals surface area (Å²) in [5, 5.41) is 10.2. The fraction of sp³-hybridized carbons (Fsp3) is 1.00. The number of aliphatic hydroxyl groups excluding tert-OH is 1. The molecule has 1 saturated heterocycles. The highest BCUT2D eigenvalue weighted by atomic mass is 19.1. The topological polar surface area (TPSA) is 23.5 Å². The first kappa shape index (κ1) is 12.9. The van der Waals surface area contributed by atoms with E-state index in [9.17, 15) is 9.50 Å². The Morgan fingerprint density at radius 3 is 2.47 bits per heavy atom. The van der Waals surface area contributed by atoms with E-state index in [1.165, 1.54) is 0 Å². The van der Waals surface area contributed by atoms with Crippen molar-refractivity contribution in [1.29, 1.82) is 0 Å². The molecule has 0 saturated carbocycles. The standard InChI is InChI=1S/C12H24FNO/c1-5-7-14-8-6-9(13)10(11(14)15)12(2,3)4/h9-11,15H,5-8H2,1-4H3. The van der Waals surface area contributed by atoms with Crippen molar-refractivity contribution in [2.24, 2.45) is 11.3 Å². The van der Waals surface area contributed by atoms with Crippen LogP contribution in [0.1, 0.15) is 40.5 Å². The van der Waals surface area contributed by atoms with Crippen LogP contribution in [0.2, 0.25) is 0 Å². The first-order valence-corrected chi connectivity index (χ1v) is 5.94. The quantitative estimate of drug-likeness (QED) is 0.768. The van der Waals surface area contributed by atoms with Crippen LogP contribution in [0, 0.1) is 11.3 Å². The summed E-state index contributed by atoms with van der Waals surface area (Å²) in [7, 11) is 0. The van der Waals surface area contributed by atoms with E-state index in [1.807, 2.05) is 25.7 Å². The molecule has 1 rings (SSSR count). The lowest BCUT2D eigenvalue weighted by Gasteiger charge is -2.45. The van der Waals surface area contributed by atoms with Crippen LogP contribution in [0.3, 0.4) is 0 Å². The average molecular weight is 217 g/mol. The van der Waals surface area contributed by atoms with Gasteiger partial charge in [-0.1, -0.05) is 27.7 Å². The van der Waals surface area contributed by atoms with Crippen molar-refractivity contribution in [3.8, 4) is 0 Å². The number of hydrogen-bond acceptors (Lipinski definition) is 2. The van der Waals surface area contributed by atoms with Gasteiger partial charge in [0.15, 0.2) is 0 Å². The number of nitrogens with zero attached hydrogens (tertiary/aromatic N) is 1. The van der Waals surface area contributed by atoms with Gasteiger partial charge in [0.05, 0.1) is 0 Å². The molecule has 2 nitrogen and oxygen atoms in total. The van der Waals surface area contributed by atoms with E-state index in [0.29, 0.717) is 13.0 Å². The molecule has 3 unspecified atom stereocenters. The number of rotatable bonds is 2. The lowest BCUT2D eigenvalue weighted by molar-refractivity contribution is -0.130. The Labute approximate surface area is 92.5 Å². The molecule has 90 valence electrons. The zero-order chi connectivity index (χ0) is 11.6. The second-order valence-corrected chi connectivity index (χ2v) is 5.65. The maximum Gasteiger partial charge on any atom is 0.113 e. The van der Waals surface area contributed by atoms with Crippen LogP contribution in [-0.4, -0.2) is 35.5 Å². The molecular formula is C12H24FNO. The van der Waals surface area contributed by atoms with Gasteiger partial charge in [0, 0.05) is 19.0 Å². The van der Waals surface area contributed by atoms with Crippen molar-refractivity contribution >= 4 is 0 Å². The lowest BCUT2D eigenvalue weighted by Crippen LogP contribution is -2.54. The Hall–Kier alpha value is -0.150. The van der Waals surface area contributed by atoms with Gasteiger partial charge in [-0.3, -0.25) is 4.90 Å². The minimum absolute atomic E-state index is 0.175. The van der Waals surface area contributed by atoms with Crippen molar-refractivity contribution in [3.05, 3.63) is 0 Å². The third-order valence-corrected chi connectivity index (χ3v) is 3.29. The first-order chi connectivity index (χ1) is 6.88. The van der Waals surface area contributed by atoms with Crippen LogP contribution in [0.25, 0.3) is 0 Å². The average Bonchev–Trinajstić information content (AvgIpc) is 2.08. The predicted octanol–water partition coefficient (Wildman–Crippen LogP) is 2.42. The minimum Gasteiger partial charge on any atom is -0.378 e. The van der Waals surface area contributed by atoms with E-state index in [4.69, 9.17) is 0 Å². The highest BCUT2D eigenvalue weighted by molar-refractivity contribution is 4.90. The van der Waals surface area contributed by atoms with Crippen LogP contribution in [0.15, 0.2) is 0 Å². The lowest BCUT2D eigenvalue weighted by atomic mass is 9.74. The largest absolute Gasteiger partial charge is 0.378 e. The van der Waals surface area contributed by atoms with Crippen molar-refractivity contribution < 1.29 is 9.50 Å². The highest BCUT2D eigenvalue weighted by Crippen LogP contribution is 2.38. The number of likely N-dealkylation sites (tertiary alicyclic amines) is 1. The smallest absolute Gasteiger partial charge is 0.113 e. The molecule has 0 amide bonds. The van der Waals surface area contributed by atoms with Gasteiger partial charge >= 0.3 is 0 Å². The fourth-order valence-corrected chi connectivity index (χ4v) is 2.54. The molecule has 3 atom stereocenters. The minimum atomic E-state index is -0.867. The summed E-state index contributed by atoms with van der Waals surface area (Å²) in [6, 6.07) is 0. The fourth-order valence-electron chi connectivity index (χ4n) is 2.54. The molecule has 0 spiro atoms. The SMILES string of the molecule is CCCN1CCC(F)C(C(C)(C)C)C1O. The predicted molar refractivity (Wildman–Crippen MR) is 60.3 cm³/mol. The summed E-state index contributed by atoms with van der Waals surface area (Å²) in [5.41, 5.74) is -0.175. The summed E-state index contributed by atoms with van der Waals surface area (Å²) >= 11 is 0. The molecule has 0 aromatic heterocycles. The van der Waals surface area contributed by atoms with Crippen LogP contribution < -0.4 is 0 Å². The zero-order valence-electron chi connectivity index (χ0n) is 10.3. The third-order valence-electron chi connectivity index (χ3n) is 3.29. The molecule has 1 fully saturated rings. The second kappa shape index (κ2) is 4.79. The van der Waals surface area contributed by atoms with Gasteiger partial charge in [0.25, 0.3) is 0 Å². The number of hydrogen-bond donors (Lipinski definition) is 1. The Morgan fingerprint density at radius 1 is 1.40 bits per heavy atom. The van der Waals surface area contributed by atoms with Crippen molar-refractivity contribution in [2.45, 2.75) is 52.9 Å². The van der Waals surface area contributed by atoms with Gasteiger partial charge in [-0.2, -0.15) is 0 Å². The summed E-state index contributed by atoms with van der Waals surface area (Å²) in [4.78, 5) is 2.01. The van der Waals surface area contributed by atoms with Gasteiger partial charge < -0.3 is 5.11 Å². The second-order valence-electron chi connectivity index (χ2n) is 5.65. The summed E-state index contributed by atoms with van der Waals surface area (Å²) in [6.07, 6.45) is 0.0750. The summed E-state index contributed by atoms with van der Waals surface area (Å²) in [6.45, 7) is 9.64. The number of alkyl halides is 1. The van der Waals surface area contributed by atoms with Gasteiger partial charge in [0.2, 0.25) is 0 Å². The summed E-state index contributed by atoms with van der Waals surface area (Å²) < 4.78 is 13.8. The van der Waals surface area contributed by atoms with Crippen LogP contribution in [0.4, 0.5) is 4.39 Å². The molecule has 1 N–H and O–H groups in total. The maximum absolute atomic E-state index is 13.8. The first-order valence-electron chi connectivity index (χ1n) is 5.94. The van der Waals surface area contributed by atoms with Gasteiger partial charge in [-0.05, 0) is 18.3 Å². The van der Waals surface area contributed by atoms with E-state index in [2.05, 4.69) is 6.92 Å². The number of halogens is 1. The molecule has 3 heteroatoms. The van der Waals surface area contributed by atoms with Crippen LogP contribution in [-0.2, 0) is 0 Å². The number of aliphatic hydroxyl groups is 1. The van der Waals surface area contributed by atoms with Gasteiger partial charge in [0.1, 0.15) is 12.4 Å². The van der Waals surface area contributed by atoms with Gasteiger partial charge in [-0.15, -0.1) is 0 Å². The zero-order valence-corrected chi connectivity index (χ0v) is 10.3. The number of piperidine rings is 1. The Kier molecular flexibility index (Phi) is 4.13. The molecule has 0 aromatic carbocycles.